The minimum absolute atomic E-state index is 0.333. The Hall–Kier alpha value is -3.27. The summed E-state index contributed by atoms with van der Waals surface area (Å²) in [6.07, 6.45) is 4.99. The van der Waals surface area contributed by atoms with Gasteiger partial charge in [-0.05, 0) is 78.6 Å². The predicted molar refractivity (Wildman–Crippen MR) is 120 cm³/mol. The van der Waals surface area contributed by atoms with Gasteiger partial charge in [0.15, 0.2) is 0 Å². The third-order valence-electron chi connectivity index (χ3n) is 5.85. The second-order valence-corrected chi connectivity index (χ2v) is 7.89. The lowest BCUT2D eigenvalue weighted by molar-refractivity contribution is 0.0697. The largest absolute Gasteiger partial charge is 0.497 e. The number of ether oxygens (including phenoxy) is 1. The molecule has 0 spiro atoms. The molecule has 0 radical (unpaired) electrons. The summed E-state index contributed by atoms with van der Waals surface area (Å²) in [4.78, 5) is 11.0. The monoisotopic (exact) mass is 401 g/mol. The van der Waals surface area contributed by atoms with Gasteiger partial charge < -0.3 is 15.2 Å². The Labute approximate surface area is 177 Å². The first kappa shape index (κ1) is 20.0. The number of anilines is 1. The van der Waals surface area contributed by atoms with Crippen LogP contribution in [-0.2, 0) is 25.7 Å². The quantitative estimate of drug-likeness (QED) is 0.548. The Kier molecular flexibility index (Phi) is 6.03. The number of hydrogen-bond acceptors (Lipinski definition) is 3. The lowest BCUT2D eigenvalue weighted by atomic mass is 9.99. The van der Waals surface area contributed by atoms with Gasteiger partial charge >= 0.3 is 5.97 Å². The maximum absolute atomic E-state index is 11.0. The van der Waals surface area contributed by atoms with Crippen molar-refractivity contribution in [1.29, 1.82) is 0 Å². The summed E-state index contributed by atoms with van der Waals surface area (Å²) in [5, 5.41) is 12.8. The molecular formula is C26H27NO3. The second kappa shape index (κ2) is 9.04. The molecule has 0 aromatic heterocycles. The average molecular weight is 402 g/mol. The van der Waals surface area contributed by atoms with Crippen LogP contribution in [-0.4, -0.2) is 24.2 Å². The van der Waals surface area contributed by atoms with Crippen LogP contribution in [0.5, 0.6) is 5.75 Å². The van der Waals surface area contributed by atoms with Gasteiger partial charge in [-0.25, -0.2) is 4.79 Å². The Bertz CT molecular complexity index is 1030. The van der Waals surface area contributed by atoms with Crippen molar-refractivity contribution in [3.05, 3.63) is 94.5 Å². The molecule has 0 bridgehead atoms. The van der Waals surface area contributed by atoms with E-state index in [0.29, 0.717) is 11.6 Å². The smallest absolute Gasteiger partial charge is 0.335 e. The zero-order chi connectivity index (χ0) is 20.9. The summed E-state index contributed by atoms with van der Waals surface area (Å²) in [6, 6.07) is 22.5. The molecule has 4 heteroatoms. The number of carboxylic acids is 1. The van der Waals surface area contributed by atoms with Crippen molar-refractivity contribution in [1.82, 2.24) is 0 Å². The maximum Gasteiger partial charge on any atom is 0.335 e. The number of para-hydroxylation sites is 1. The van der Waals surface area contributed by atoms with E-state index in [1.807, 2.05) is 24.3 Å². The van der Waals surface area contributed by atoms with Gasteiger partial charge in [0, 0.05) is 11.7 Å². The standard InChI is InChI=1S/C26H27NO3/c1-30-24-7-2-4-19(16-24)11-15-23-17-22-6-3-5-20(25(22)27-23)12-8-18-9-13-21(14-10-18)26(28)29/h2-7,9-10,13-14,16,23,27H,8,11-12,15,17H2,1H3,(H,28,29). The summed E-state index contributed by atoms with van der Waals surface area (Å²) in [5.74, 6) is 0.0282. The molecular weight excluding hydrogens is 374 g/mol. The number of carboxylic acid groups (broad SMARTS) is 1. The highest BCUT2D eigenvalue weighted by Crippen LogP contribution is 2.32. The third kappa shape index (κ3) is 4.65. The first-order valence-corrected chi connectivity index (χ1v) is 10.4. The van der Waals surface area contributed by atoms with Crippen molar-refractivity contribution in [3.8, 4) is 5.75 Å². The minimum Gasteiger partial charge on any atom is -0.497 e. The molecule has 1 heterocycles. The first-order valence-electron chi connectivity index (χ1n) is 10.4. The van der Waals surface area contributed by atoms with Crippen LogP contribution in [0, 0.1) is 0 Å². The molecule has 1 unspecified atom stereocenters. The minimum atomic E-state index is -0.883. The predicted octanol–water partition coefficient (Wildman–Crippen LogP) is 5.15. The van der Waals surface area contributed by atoms with Gasteiger partial charge in [-0.15, -0.1) is 0 Å². The van der Waals surface area contributed by atoms with Crippen LogP contribution in [0.4, 0.5) is 5.69 Å². The van der Waals surface area contributed by atoms with Gasteiger partial charge in [0.2, 0.25) is 0 Å². The molecule has 0 aliphatic carbocycles. The Morgan fingerprint density at radius 3 is 2.57 bits per heavy atom. The molecule has 2 N–H and O–H groups in total. The van der Waals surface area contributed by atoms with E-state index in [4.69, 9.17) is 9.84 Å². The highest BCUT2D eigenvalue weighted by molar-refractivity contribution is 5.87. The summed E-state index contributed by atoms with van der Waals surface area (Å²) in [7, 11) is 1.70. The van der Waals surface area contributed by atoms with Crippen LogP contribution in [0.3, 0.4) is 0 Å². The van der Waals surface area contributed by atoms with Gasteiger partial charge in [0.25, 0.3) is 0 Å². The van der Waals surface area contributed by atoms with Crippen LogP contribution < -0.4 is 10.1 Å². The average Bonchev–Trinajstić information content (AvgIpc) is 3.20. The molecule has 1 aliphatic rings. The number of benzene rings is 3. The van der Waals surface area contributed by atoms with Crippen LogP contribution in [0.25, 0.3) is 0 Å². The van der Waals surface area contributed by atoms with E-state index in [1.54, 1.807) is 19.2 Å². The SMILES string of the molecule is COc1cccc(CCC2Cc3cccc(CCc4ccc(C(=O)O)cc4)c3N2)c1. The molecule has 4 nitrogen and oxygen atoms in total. The van der Waals surface area contributed by atoms with E-state index < -0.39 is 5.97 Å². The van der Waals surface area contributed by atoms with E-state index >= 15 is 0 Å². The Morgan fingerprint density at radius 2 is 1.80 bits per heavy atom. The van der Waals surface area contributed by atoms with E-state index in [0.717, 1.165) is 43.4 Å². The van der Waals surface area contributed by atoms with Crippen LogP contribution in [0.1, 0.15) is 39.0 Å². The van der Waals surface area contributed by atoms with Crippen molar-refractivity contribution in [2.45, 2.75) is 38.1 Å². The Morgan fingerprint density at radius 1 is 1.00 bits per heavy atom. The number of rotatable bonds is 8. The molecule has 3 aromatic rings. The van der Waals surface area contributed by atoms with Gasteiger partial charge in [-0.2, -0.15) is 0 Å². The summed E-state index contributed by atoms with van der Waals surface area (Å²) >= 11 is 0. The van der Waals surface area contributed by atoms with Gasteiger partial charge in [-0.1, -0.05) is 42.5 Å². The second-order valence-electron chi connectivity index (χ2n) is 7.89. The number of carbonyl (C=O) groups is 1. The molecule has 0 amide bonds. The number of aryl methyl sites for hydroxylation is 3. The number of hydrogen-bond donors (Lipinski definition) is 2. The molecule has 0 saturated carbocycles. The number of nitrogens with one attached hydrogen (secondary N) is 1. The fourth-order valence-electron chi connectivity index (χ4n) is 4.17. The highest BCUT2D eigenvalue weighted by atomic mass is 16.5. The van der Waals surface area contributed by atoms with Crippen molar-refractivity contribution in [3.63, 3.8) is 0 Å². The summed E-state index contributed by atoms with van der Waals surface area (Å²) < 4.78 is 5.33. The lowest BCUT2D eigenvalue weighted by Gasteiger charge is -2.13. The topological polar surface area (TPSA) is 58.6 Å². The molecule has 154 valence electrons. The van der Waals surface area contributed by atoms with E-state index in [-0.39, 0.29) is 0 Å². The molecule has 0 saturated heterocycles. The molecule has 4 rings (SSSR count). The molecule has 3 aromatic carbocycles. The fourth-order valence-corrected chi connectivity index (χ4v) is 4.17. The summed E-state index contributed by atoms with van der Waals surface area (Å²) in [5.41, 5.74) is 6.81. The zero-order valence-electron chi connectivity index (χ0n) is 17.2. The van der Waals surface area contributed by atoms with Gasteiger partial charge in [0.05, 0.1) is 12.7 Å². The maximum atomic E-state index is 11.0. The van der Waals surface area contributed by atoms with Crippen molar-refractivity contribution < 1.29 is 14.6 Å². The van der Waals surface area contributed by atoms with Crippen LogP contribution in [0.2, 0.25) is 0 Å². The molecule has 30 heavy (non-hydrogen) atoms. The van der Waals surface area contributed by atoms with Crippen LogP contribution in [0.15, 0.2) is 66.7 Å². The normalized spacial score (nSPS) is 14.8. The van der Waals surface area contributed by atoms with E-state index in [9.17, 15) is 4.79 Å². The number of aromatic carboxylic acids is 1. The number of methoxy groups -OCH3 is 1. The zero-order valence-corrected chi connectivity index (χ0v) is 17.2. The highest BCUT2D eigenvalue weighted by Gasteiger charge is 2.22. The molecule has 1 aliphatic heterocycles. The van der Waals surface area contributed by atoms with Crippen molar-refractivity contribution in [2.75, 3.05) is 12.4 Å². The molecule has 0 fully saturated rings. The van der Waals surface area contributed by atoms with E-state index in [1.165, 1.54) is 22.4 Å². The third-order valence-corrected chi connectivity index (χ3v) is 5.85. The van der Waals surface area contributed by atoms with E-state index in [2.05, 4.69) is 35.6 Å². The van der Waals surface area contributed by atoms with Crippen LogP contribution >= 0.6 is 0 Å². The lowest BCUT2D eigenvalue weighted by Crippen LogP contribution is -2.16. The van der Waals surface area contributed by atoms with Crippen molar-refractivity contribution in [2.24, 2.45) is 0 Å². The van der Waals surface area contributed by atoms with Gasteiger partial charge in [-0.3, -0.25) is 0 Å². The Balaban J connectivity index is 1.36. The number of fused-ring (bicyclic) bond motifs is 1. The van der Waals surface area contributed by atoms with Crippen molar-refractivity contribution >= 4 is 11.7 Å². The summed E-state index contributed by atoms with van der Waals surface area (Å²) in [6.45, 7) is 0. The first-order chi connectivity index (χ1) is 14.6. The van der Waals surface area contributed by atoms with Gasteiger partial charge in [0.1, 0.15) is 5.75 Å². The molecule has 1 atom stereocenters. The fraction of sp³-hybridized carbons (Fsp3) is 0.269.